The van der Waals surface area contributed by atoms with Gasteiger partial charge in [0, 0.05) is 36.1 Å². The van der Waals surface area contributed by atoms with E-state index in [0.29, 0.717) is 24.9 Å². The van der Waals surface area contributed by atoms with E-state index in [0.717, 1.165) is 21.9 Å². The Labute approximate surface area is 170 Å². The highest BCUT2D eigenvalue weighted by atomic mass is 32.2. The molecule has 6 heteroatoms. The highest BCUT2D eigenvalue weighted by Crippen LogP contribution is 2.38. The first kappa shape index (κ1) is 20.3. The predicted molar refractivity (Wildman–Crippen MR) is 113 cm³/mol. The third-order valence-corrected chi connectivity index (χ3v) is 5.67. The second kappa shape index (κ2) is 9.64. The number of nitrogens with one attached hydrogen (secondary N) is 1. The maximum absolute atomic E-state index is 12.7. The van der Waals surface area contributed by atoms with E-state index in [2.05, 4.69) is 12.2 Å². The van der Waals surface area contributed by atoms with Crippen LogP contribution >= 0.6 is 11.8 Å². The molecule has 0 saturated carbocycles. The first-order chi connectivity index (χ1) is 13.6. The van der Waals surface area contributed by atoms with Crippen molar-refractivity contribution in [2.75, 3.05) is 18.1 Å². The highest BCUT2D eigenvalue weighted by molar-refractivity contribution is 8.00. The van der Waals surface area contributed by atoms with Crippen LogP contribution in [0.25, 0.3) is 0 Å². The van der Waals surface area contributed by atoms with Gasteiger partial charge in [-0.05, 0) is 36.8 Å². The van der Waals surface area contributed by atoms with E-state index in [9.17, 15) is 9.59 Å². The smallest absolute Gasteiger partial charge is 0.227 e. The van der Waals surface area contributed by atoms with E-state index in [1.165, 1.54) is 0 Å². The van der Waals surface area contributed by atoms with Gasteiger partial charge in [-0.3, -0.25) is 9.59 Å². The second-order valence-electron chi connectivity index (χ2n) is 6.75. The van der Waals surface area contributed by atoms with Crippen LogP contribution in [-0.2, 0) is 16.1 Å². The second-order valence-corrected chi connectivity index (χ2v) is 8.23. The number of rotatable bonds is 7. The summed E-state index contributed by atoms with van der Waals surface area (Å²) in [4.78, 5) is 27.8. The van der Waals surface area contributed by atoms with Crippen LogP contribution in [0.15, 0.2) is 53.4 Å². The van der Waals surface area contributed by atoms with Gasteiger partial charge in [0.2, 0.25) is 11.8 Å². The minimum absolute atomic E-state index is 0.00387. The summed E-state index contributed by atoms with van der Waals surface area (Å²) in [5.41, 5.74) is 1.95. The van der Waals surface area contributed by atoms with Crippen LogP contribution in [0.4, 0.5) is 5.69 Å². The fraction of sp³-hybridized carbons (Fsp3) is 0.364. The number of amides is 2. The van der Waals surface area contributed by atoms with Crippen molar-refractivity contribution in [2.24, 2.45) is 0 Å². The quantitative estimate of drug-likeness (QED) is 0.766. The standard InChI is InChI=1S/C22H26N2O3S/c1-3-27-18-10-8-17(9-11-18)14-23-21(25)12-13-22(26)24-15-16(2)28-20-7-5-4-6-19(20)24/h4-11,16H,3,12-15H2,1-2H3,(H,23,25)/t16-/m0/s1. The van der Waals surface area contributed by atoms with Crippen LogP contribution < -0.4 is 15.0 Å². The Hall–Kier alpha value is -2.47. The average molecular weight is 399 g/mol. The van der Waals surface area contributed by atoms with Gasteiger partial charge in [0.15, 0.2) is 0 Å². The molecule has 1 aliphatic rings. The SMILES string of the molecule is CCOc1ccc(CNC(=O)CCC(=O)N2C[C@H](C)Sc3ccccc32)cc1. The molecule has 1 heterocycles. The summed E-state index contributed by atoms with van der Waals surface area (Å²) >= 11 is 1.78. The molecule has 28 heavy (non-hydrogen) atoms. The number of ether oxygens (including phenoxy) is 1. The molecule has 2 amide bonds. The van der Waals surface area contributed by atoms with Crippen molar-refractivity contribution in [3.05, 3.63) is 54.1 Å². The molecule has 0 unspecified atom stereocenters. The summed E-state index contributed by atoms with van der Waals surface area (Å²) < 4.78 is 5.41. The molecule has 2 aromatic carbocycles. The van der Waals surface area contributed by atoms with Gasteiger partial charge < -0.3 is 15.0 Å². The zero-order chi connectivity index (χ0) is 19.9. The van der Waals surface area contributed by atoms with Crippen LogP contribution in [0.2, 0.25) is 0 Å². The lowest BCUT2D eigenvalue weighted by Crippen LogP contribution is -2.39. The van der Waals surface area contributed by atoms with Crippen molar-refractivity contribution in [3.63, 3.8) is 0 Å². The van der Waals surface area contributed by atoms with Gasteiger partial charge in [-0.15, -0.1) is 11.8 Å². The fourth-order valence-electron chi connectivity index (χ4n) is 3.14. The lowest BCUT2D eigenvalue weighted by atomic mass is 10.2. The summed E-state index contributed by atoms with van der Waals surface area (Å²) in [5.74, 6) is 0.697. The van der Waals surface area contributed by atoms with Crippen molar-refractivity contribution in [1.82, 2.24) is 5.32 Å². The molecule has 0 fully saturated rings. The number of benzene rings is 2. The highest BCUT2D eigenvalue weighted by Gasteiger charge is 2.26. The third-order valence-electron chi connectivity index (χ3n) is 4.51. The topological polar surface area (TPSA) is 58.6 Å². The normalized spacial score (nSPS) is 15.6. The molecule has 1 N–H and O–H groups in total. The third kappa shape index (κ3) is 5.29. The summed E-state index contributed by atoms with van der Waals surface area (Å²) in [5, 5.41) is 3.22. The number of carbonyl (C=O) groups is 2. The molecule has 0 saturated heterocycles. The Kier molecular flexibility index (Phi) is 6.98. The molecule has 0 aliphatic carbocycles. The lowest BCUT2D eigenvalue weighted by Gasteiger charge is -2.32. The molecule has 1 atom stereocenters. The van der Waals surface area contributed by atoms with Crippen molar-refractivity contribution < 1.29 is 14.3 Å². The molecule has 1 aliphatic heterocycles. The zero-order valence-corrected chi connectivity index (χ0v) is 17.1. The van der Waals surface area contributed by atoms with Crippen LogP contribution in [0.5, 0.6) is 5.75 Å². The molecule has 0 bridgehead atoms. The Bertz CT molecular complexity index is 823. The molecule has 0 radical (unpaired) electrons. The first-order valence-electron chi connectivity index (χ1n) is 9.61. The van der Waals surface area contributed by atoms with Crippen molar-refractivity contribution in [1.29, 1.82) is 0 Å². The number of carbonyl (C=O) groups excluding carboxylic acids is 2. The summed E-state index contributed by atoms with van der Waals surface area (Å²) in [7, 11) is 0. The molecule has 5 nitrogen and oxygen atoms in total. The molecule has 148 valence electrons. The van der Waals surface area contributed by atoms with E-state index in [1.54, 1.807) is 11.8 Å². The van der Waals surface area contributed by atoms with Gasteiger partial charge in [0.1, 0.15) is 5.75 Å². The van der Waals surface area contributed by atoms with E-state index in [-0.39, 0.29) is 24.7 Å². The number of hydrogen-bond acceptors (Lipinski definition) is 4. The van der Waals surface area contributed by atoms with Crippen molar-refractivity contribution in [2.45, 2.75) is 43.4 Å². The zero-order valence-electron chi connectivity index (χ0n) is 16.3. The fourth-order valence-corrected chi connectivity index (χ4v) is 4.25. The monoisotopic (exact) mass is 398 g/mol. The van der Waals surface area contributed by atoms with Gasteiger partial charge in [0.05, 0.1) is 12.3 Å². The van der Waals surface area contributed by atoms with E-state index in [1.807, 2.05) is 60.4 Å². The van der Waals surface area contributed by atoms with E-state index >= 15 is 0 Å². The van der Waals surface area contributed by atoms with E-state index < -0.39 is 0 Å². The van der Waals surface area contributed by atoms with Crippen LogP contribution in [-0.4, -0.2) is 30.2 Å². The largest absolute Gasteiger partial charge is 0.494 e. The van der Waals surface area contributed by atoms with Crippen LogP contribution in [0, 0.1) is 0 Å². The Morgan fingerprint density at radius 1 is 1.14 bits per heavy atom. The molecular formula is C22H26N2O3S. The van der Waals surface area contributed by atoms with Gasteiger partial charge in [-0.2, -0.15) is 0 Å². The summed E-state index contributed by atoms with van der Waals surface area (Å²) in [6, 6.07) is 15.6. The minimum atomic E-state index is -0.116. The van der Waals surface area contributed by atoms with Crippen molar-refractivity contribution >= 4 is 29.3 Å². The maximum Gasteiger partial charge on any atom is 0.227 e. The maximum atomic E-state index is 12.7. The Balaban J connectivity index is 1.48. The molecule has 2 aromatic rings. The molecular weight excluding hydrogens is 372 g/mol. The number of nitrogens with zero attached hydrogens (tertiary/aromatic N) is 1. The minimum Gasteiger partial charge on any atom is -0.494 e. The molecule has 0 spiro atoms. The summed E-state index contributed by atoms with van der Waals surface area (Å²) in [6.07, 6.45) is 0.400. The Morgan fingerprint density at radius 2 is 1.89 bits per heavy atom. The number of hydrogen-bond donors (Lipinski definition) is 1. The van der Waals surface area contributed by atoms with Crippen LogP contribution in [0.3, 0.4) is 0 Å². The van der Waals surface area contributed by atoms with Gasteiger partial charge in [0.25, 0.3) is 0 Å². The number of anilines is 1. The number of fused-ring (bicyclic) bond motifs is 1. The van der Waals surface area contributed by atoms with Gasteiger partial charge in [-0.25, -0.2) is 0 Å². The van der Waals surface area contributed by atoms with Gasteiger partial charge >= 0.3 is 0 Å². The number of para-hydroxylation sites is 1. The number of thioether (sulfide) groups is 1. The van der Waals surface area contributed by atoms with Gasteiger partial charge in [-0.1, -0.05) is 31.2 Å². The Morgan fingerprint density at radius 3 is 2.64 bits per heavy atom. The summed E-state index contributed by atoms with van der Waals surface area (Å²) in [6.45, 7) is 5.80. The van der Waals surface area contributed by atoms with Crippen LogP contribution in [0.1, 0.15) is 32.3 Å². The lowest BCUT2D eigenvalue weighted by molar-refractivity contribution is -0.125. The van der Waals surface area contributed by atoms with Crippen molar-refractivity contribution in [3.8, 4) is 5.75 Å². The van der Waals surface area contributed by atoms with E-state index in [4.69, 9.17) is 4.74 Å². The average Bonchev–Trinajstić information content (AvgIpc) is 2.71. The predicted octanol–water partition coefficient (Wildman–Crippen LogP) is 4.01. The molecule has 3 rings (SSSR count). The first-order valence-corrected chi connectivity index (χ1v) is 10.5. The molecule has 0 aromatic heterocycles.